The zero-order valence-electron chi connectivity index (χ0n) is 16.5. The number of amides is 3. The summed E-state index contributed by atoms with van der Waals surface area (Å²) in [6.07, 6.45) is 1.76. The van der Waals surface area contributed by atoms with Gasteiger partial charge in [0.15, 0.2) is 0 Å². The summed E-state index contributed by atoms with van der Waals surface area (Å²) < 4.78 is 2.03. The molecule has 0 spiro atoms. The van der Waals surface area contributed by atoms with Crippen molar-refractivity contribution in [1.29, 1.82) is 0 Å². The summed E-state index contributed by atoms with van der Waals surface area (Å²) in [5.41, 5.74) is 3.13. The van der Waals surface area contributed by atoms with Crippen molar-refractivity contribution in [2.75, 3.05) is 18.0 Å². The molecule has 7 nitrogen and oxygen atoms in total. The lowest BCUT2D eigenvalue weighted by Gasteiger charge is -2.19. The van der Waals surface area contributed by atoms with Gasteiger partial charge in [-0.3, -0.25) is 9.69 Å². The SMILES string of the molecule is C[C@H](NC(=O)N1CCn2c1nc1ccccc12)C(=O)NCCCc1ccccc1. The average Bonchev–Trinajstić information content (AvgIpc) is 3.31. The summed E-state index contributed by atoms with van der Waals surface area (Å²) in [7, 11) is 0. The summed E-state index contributed by atoms with van der Waals surface area (Å²) in [4.78, 5) is 31.2. The number of imidazole rings is 1. The second-order valence-corrected chi connectivity index (χ2v) is 7.26. The fourth-order valence-electron chi connectivity index (χ4n) is 3.61. The van der Waals surface area contributed by atoms with E-state index in [1.165, 1.54) is 5.56 Å². The van der Waals surface area contributed by atoms with E-state index in [0.717, 1.165) is 23.9 Å². The first-order chi connectivity index (χ1) is 14.1. The second kappa shape index (κ2) is 8.34. The van der Waals surface area contributed by atoms with Gasteiger partial charge in [-0.25, -0.2) is 9.78 Å². The van der Waals surface area contributed by atoms with Crippen LogP contribution >= 0.6 is 0 Å². The van der Waals surface area contributed by atoms with Crippen molar-refractivity contribution in [3.8, 4) is 0 Å². The third-order valence-electron chi connectivity index (χ3n) is 5.19. The molecule has 0 aliphatic carbocycles. The van der Waals surface area contributed by atoms with Crippen molar-refractivity contribution in [1.82, 2.24) is 20.2 Å². The first-order valence-corrected chi connectivity index (χ1v) is 9.98. The van der Waals surface area contributed by atoms with Gasteiger partial charge in [0.1, 0.15) is 6.04 Å². The topological polar surface area (TPSA) is 79.3 Å². The molecule has 4 rings (SSSR count). The quantitative estimate of drug-likeness (QED) is 0.634. The highest BCUT2D eigenvalue weighted by molar-refractivity contribution is 5.96. The van der Waals surface area contributed by atoms with Gasteiger partial charge in [0.2, 0.25) is 11.9 Å². The Bertz CT molecular complexity index is 1010. The van der Waals surface area contributed by atoms with Gasteiger partial charge in [-0.1, -0.05) is 42.5 Å². The maximum absolute atomic E-state index is 12.7. The van der Waals surface area contributed by atoms with Crippen LogP contribution in [0.1, 0.15) is 18.9 Å². The van der Waals surface area contributed by atoms with E-state index in [-0.39, 0.29) is 11.9 Å². The fraction of sp³-hybridized carbons (Fsp3) is 0.318. The first kappa shape index (κ1) is 19.0. The monoisotopic (exact) mass is 391 g/mol. The molecule has 3 amide bonds. The molecule has 1 atom stereocenters. The number of hydrogen-bond acceptors (Lipinski definition) is 3. The molecular formula is C22H25N5O2. The van der Waals surface area contributed by atoms with Gasteiger partial charge in [-0.2, -0.15) is 0 Å². The average molecular weight is 391 g/mol. The van der Waals surface area contributed by atoms with Crippen LogP contribution in [0.4, 0.5) is 10.7 Å². The van der Waals surface area contributed by atoms with Gasteiger partial charge in [0, 0.05) is 19.6 Å². The summed E-state index contributed by atoms with van der Waals surface area (Å²) in [5, 5.41) is 5.68. The van der Waals surface area contributed by atoms with Crippen LogP contribution in [0.25, 0.3) is 11.0 Å². The summed E-state index contributed by atoms with van der Waals surface area (Å²) in [6.45, 7) is 3.52. The minimum absolute atomic E-state index is 0.181. The Balaban J connectivity index is 1.28. The number of fused-ring (bicyclic) bond motifs is 3. The lowest BCUT2D eigenvalue weighted by atomic mass is 10.1. The molecule has 2 aromatic carbocycles. The first-order valence-electron chi connectivity index (χ1n) is 9.98. The van der Waals surface area contributed by atoms with Crippen LogP contribution in [0.5, 0.6) is 0 Å². The highest BCUT2D eigenvalue weighted by Gasteiger charge is 2.29. The van der Waals surface area contributed by atoms with Crippen molar-refractivity contribution in [3.63, 3.8) is 0 Å². The lowest BCUT2D eigenvalue weighted by Crippen LogP contribution is -2.50. The molecule has 2 N–H and O–H groups in total. The van der Waals surface area contributed by atoms with Gasteiger partial charge < -0.3 is 15.2 Å². The van der Waals surface area contributed by atoms with Crippen LogP contribution in [0, 0.1) is 0 Å². The van der Waals surface area contributed by atoms with Crippen LogP contribution in [0.2, 0.25) is 0 Å². The Kier molecular flexibility index (Phi) is 5.46. The van der Waals surface area contributed by atoms with E-state index in [0.29, 0.717) is 25.6 Å². The highest BCUT2D eigenvalue weighted by Crippen LogP contribution is 2.27. The number of aryl methyl sites for hydroxylation is 1. The second-order valence-electron chi connectivity index (χ2n) is 7.26. The van der Waals surface area contributed by atoms with Gasteiger partial charge in [-0.05, 0) is 37.5 Å². The molecule has 0 radical (unpaired) electrons. The van der Waals surface area contributed by atoms with E-state index in [2.05, 4.69) is 27.8 Å². The van der Waals surface area contributed by atoms with Crippen molar-refractivity contribution in [2.24, 2.45) is 0 Å². The minimum atomic E-state index is -0.613. The number of benzene rings is 2. The Hall–Kier alpha value is -3.35. The Labute approximate surface area is 169 Å². The molecule has 0 bridgehead atoms. The molecule has 0 saturated heterocycles. The van der Waals surface area contributed by atoms with E-state index >= 15 is 0 Å². The number of carbonyl (C=O) groups is 2. The number of nitrogens with one attached hydrogen (secondary N) is 2. The number of aromatic nitrogens is 2. The largest absolute Gasteiger partial charge is 0.354 e. The molecule has 2 heterocycles. The molecular weight excluding hydrogens is 366 g/mol. The number of hydrogen-bond donors (Lipinski definition) is 2. The number of para-hydroxylation sites is 2. The molecule has 3 aromatic rings. The van der Waals surface area contributed by atoms with Gasteiger partial charge in [0.05, 0.1) is 11.0 Å². The van der Waals surface area contributed by atoms with Crippen LogP contribution in [0.15, 0.2) is 54.6 Å². The lowest BCUT2D eigenvalue weighted by molar-refractivity contribution is -0.122. The Morgan fingerprint density at radius 1 is 1.07 bits per heavy atom. The van der Waals surface area contributed by atoms with Gasteiger partial charge >= 0.3 is 6.03 Å². The van der Waals surface area contributed by atoms with Crippen LogP contribution in [0.3, 0.4) is 0 Å². The highest BCUT2D eigenvalue weighted by atomic mass is 16.2. The molecule has 1 aliphatic rings. The number of carbonyl (C=O) groups excluding carboxylic acids is 2. The molecule has 7 heteroatoms. The van der Waals surface area contributed by atoms with Gasteiger partial charge in [0.25, 0.3) is 0 Å². The van der Waals surface area contributed by atoms with Crippen molar-refractivity contribution in [3.05, 3.63) is 60.2 Å². The summed E-state index contributed by atoms with van der Waals surface area (Å²) in [5.74, 6) is 0.443. The summed E-state index contributed by atoms with van der Waals surface area (Å²) in [6, 6.07) is 17.1. The maximum Gasteiger partial charge on any atom is 0.324 e. The standard InChI is InChI=1S/C22H25N5O2/c1-16(20(28)23-13-7-10-17-8-3-2-4-9-17)24-22(29)27-15-14-26-19-12-6-5-11-18(19)25-21(26)27/h2-6,8-9,11-12,16H,7,10,13-15H2,1H3,(H,23,28)(H,24,29)/t16-/m0/s1. The smallest absolute Gasteiger partial charge is 0.324 e. The van der Waals surface area contributed by atoms with E-state index < -0.39 is 6.04 Å². The fourth-order valence-corrected chi connectivity index (χ4v) is 3.61. The van der Waals surface area contributed by atoms with Crippen molar-refractivity contribution < 1.29 is 9.59 Å². The number of anilines is 1. The van der Waals surface area contributed by atoms with Gasteiger partial charge in [-0.15, -0.1) is 0 Å². The Morgan fingerprint density at radius 3 is 2.66 bits per heavy atom. The van der Waals surface area contributed by atoms with E-state index in [4.69, 9.17) is 0 Å². The normalized spacial score (nSPS) is 13.9. The molecule has 1 aliphatic heterocycles. The molecule has 1 aromatic heterocycles. The maximum atomic E-state index is 12.7. The number of rotatable bonds is 6. The number of urea groups is 1. The van der Waals surface area contributed by atoms with Crippen LogP contribution in [-0.2, 0) is 17.8 Å². The zero-order chi connectivity index (χ0) is 20.2. The van der Waals surface area contributed by atoms with Crippen LogP contribution < -0.4 is 15.5 Å². The third kappa shape index (κ3) is 4.08. The van der Waals surface area contributed by atoms with E-state index in [1.54, 1.807) is 11.8 Å². The molecule has 29 heavy (non-hydrogen) atoms. The minimum Gasteiger partial charge on any atom is -0.354 e. The third-order valence-corrected chi connectivity index (χ3v) is 5.19. The molecule has 150 valence electrons. The van der Waals surface area contributed by atoms with E-state index in [1.807, 2.05) is 47.0 Å². The number of nitrogens with zero attached hydrogens (tertiary/aromatic N) is 3. The predicted molar refractivity (Wildman–Crippen MR) is 113 cm³/mol. The summed E-state index contributed by atoms with van der Waals surface area (Å²) >= 11 is 0. The van der Waals surface area contributed by atoms with Crippen molar-refractivity contribution in [2.45, 2.75) is 32.4 Å². The molecule has 0 unspecified atom stereocenters. The van der Waals surface area contributed by atoms with Crippen LogP contribution in [-0.4, -0.2) is 40.6 Å². The van der Waals surface area contributed by atoms with E-state index in [9.17, 15) is 9.59 Å². The Morgan fingerprint density at radius 2 is 1.83 bits per heavy atom. The molecule has 0 fully saturated rings. The zero-order valence-corrected chi connectivity index (χ0v) is 16.5. The predicted octanol–water partition coefficient (Wildman–Crippen LogP) is 2.70. The van der Waals surface area contributed by atoms with Crippen molar-refractivity contribution >= 4 is 28.9 Å². The molecule has 0 saturated carbocycles.